The maximum atomic E-state index is 6.16. The van der Waals surface area contributed by atoms with E-state index >= 15 is 0 Å². The Kier molecular flexibility index (Phi) is 3.98. The van der Waals surface area contributed by atoms with Gasteiger partial charge < -0.3 is 10.6 Å². The van der Waals surface area contributed by atoms with Crippen LogP contribution in [0.2, 0.25) is 0 Å². The maximum Gasteiger partial charge on any atom is 0.127 e. The summed E-state index contributed by atoms with van der Waals surface area (Å²) in [6.45, 7) is 6.06. The number of pyridine rings is 1. The van der Waals surface area contributed by atoms with Crippen molar-refractivity contribution in [3.8, 4) is 0 Å². The summed E-state index contributed by atoms with van der Waals surface area (Å²) in [6.07, 6.45) is 8.69. The van der Waals surface area contributed by atoms with Crippen LogP contribution >= 0.6 is 0 Å². The first kappa shape index (κ1) is 14.9. The van der Waals surface area contributed by atoms with Crippen molar-refractivity contribution >= 4 is 16.7 Å². The zero-order chi connectivity index (χ0) is 15.8. The van der Waals surface area contributed by atoms with E-state index in [0.29, 0.717) is 0 Å². The Morgan fingerprint density at radius 1 is 1.09 bits per heavy atom. The smallest absolute Gasteiger partial charge is 0.127 e. The lowest BCUT2D eigenvalue weighted by Crippen LogP contribution is -2.20. The largest absolute Gasteiger partial charge is 0.383 e. The molecule has 0 saturated carbocycles. The zero-order valence-corrected chi connectivity index (χ0v) is 14.2. The standard InChI is InChI=1S/C20H27N3/c1-14-12-19-18(16-7-4-8-17(16)20(21)22-19)13-15(14)6-5-11-23-9-2-3-10-23/h12-13H,2-11H2,1H3,(H2,21,22). The van der Waals surface area contributed by atoms with Gasteiger partial charge in [0, 0.05) is 5.39 Å². The molecule has 0 atom stereocenters. The number of anilines is 1. The minimum atomic E-state index is 0.756. The first-order chi connectivity index (χ1) is 11.2. The van der Waals surface area contributed by atoms with Crippen molar-refractivity contribution in [3.63, 3.8) is 0 Å². The Bertz CT molecular complexity index is 729. The highest BCUT2D eigenvalue weighted by atomic mass is 15.1. The van der Waals surface area contributed by atoms with Crippen LogP contribution in [0.4, 0.5) is 5.82 Å². The lowest BCUT2D eigenvalue weighted by molar-refractivity contribution is 0.334. The number of hydrogen-bond donors (Lipinski definition) is 1. The second kappa shape index (κ2) is 6.12. The second-order valence-corrected chi connectivity index (χ2v) is 7.26. The van der Waals surface area contributed by atoms with Gasteiger partial charge in [-0.25, -0.2) is 4.98 Å². The molecule has 1 aliphatic heterocycles. The molecule has 0 radical (unpaired) electrons. The van der Waals surface area contributed by atoms with E-state index in [1.54, 1.807) is 0 Å². The molecule has 1 saturated heterocycles. The maximum absolute atomic E-state index is 6.16. The summed E-state index contributed by atoms with van der Waals surface area (Å²) in [6, 6.07) is 4.65. The summed E-state index contributed by atoms with van der Waals surface area (Å²) in [5.74, 6) is 0.756. The zero-order valence-electron chi connectivity index (χ0n) is 14.2. The molecule has 23 heavy (non-hydrogen) atoms. The SMILES string of the molecule is Cc1cc2nc(N)c3c(c2cc1CCCN1CCCC1)CCC3. The molecular formula is C20H27N3. The number of likely N-dealkylation sites (tertiary alicyclic amines) is 1. The van der Waals surface area contributed by atoms with Crippen LogP contribution in [0.15, 0.2) is 12.1 Å². The predicted octanol–water partition coefficient (Wildman–Crippen LogP) is 3.64. The van der Waals surface area contributed by atoms with E-state index in [-0.39, 0.29) is 0 Å². The van der Waals surface area contributed by atoms with Crippen molar-refractivity contribution < 1.29 is 0 Å². The van der Waals surface area contributed by atoms with Crippen LogP contribution in [-0.4, -0.2) is 29.5 Å². The van der Waals surface area contributed by atoms with Crippen molar-refractivity contribution in [2.75, 3.05) is 25.4 Å². The van der Waals surface area contributed by atoms with E-state index < -0.39 is 0 Å². The van der Waals surface area contributed by atoms with Crippen LogP contribution in [0, 0.1) is 6.92 Å². The van der Waals surface area contributed by atoms with Crippen molar-refractivity contribution in [3.05, 3.63) is 34.4 Å². The van der Waals surface area contributed by atoms with Gasteiger partial charge >= 0.3 is 0 Å². The van der Waals surface area contributed by atoms with E-state index in [1.165, 1.54) is 79.4 Å². The molecule has 3 nitrogen and oxygen atoms in total. The van der Waals surface area contributed by atoms with Crippen molar-refractivity contribution in [1.29, 1.82) is 0 Å². The van der Waals surface area contributed by atoms with Crippen LogP contribution in [0.3, 0.4) is 0 Å². The van der Waals surface area contributed by atoms with E-state index in [0.717, 1.165) is 24.2 Å². The normalized spacial score (nSPS) is 18.0. The van der Waals surface area contributed by atoms with Gasteiger partial charge in [0.2, 0.25) is 0 Å². The highest BCUT2D eigenvalue weighted by Gasteiger charge is 2.19. The Balaban J connectivity index is 1.59. The topological polar surface area (TPSA) is 42.1 Å². The number of nitrogens with two attached hydrogens (primary N) is 1. The number of nitrogen functional groups attached to an aromatic ring is 1. The van der Waals surface area contributed by atoms with E-state index in [1.807, 2.05) is 0 Å². The Hall–Kier alpha value is -1.61. The molecular weight excluding hydrogens is 282 g/mol. The van der Waals surface area contributed by atoms with Gasteiger partial charge in [-0.15, -0.1) is 0 Å². The number of rotatable bonds is 4. The van der Waals surface area contributed by atoms with Gasteiger partial charge in [0.05, 0.1) is 5.52 Å². The molecule has 2 aromatic rings. The number of fused-ring (bicyclic) bond motifs is 3. The fourth-order valence-electron chi connectivity index (χ4n) is 4.36. The molecule has 1 fully saturated rings. The van der Waals surface area contributed by atoms with Crippen molar-refractivity contribution in [1.82, 2.24) is 9.88 Å². The fourth-order valence-corrected chi connectivity index (χ4v) is 4.36. The average molecular weight is 309 g/mol. The van der Waals surface area contributed by atoms with Crippen LogP contribution in [0.5, 0.6) is 0 Å². The van der Waals surface area contributed by atoms with Gasteiger partial charge in [-0.3, -0.25) is 0 Å². The van der Waals surface area contributed by atoms with Crippen molar-refractivity contribution in [2.45, 2.75) is 51.9 Å². The average Bonchev–Trinajstić information content (AvgIpc) is 3.20. The minimum absolute atomic E-state index is 0.756. The molecule has 0 bridgehead atoms. The van der Waals surface area contributed by atoms with Crippen LogP contribution < -0.4 is 5.73 Å². The summed E-state index contributed by atoms with van der Waals surface area (Å²) in [7, 11) is 0. The Morgan fingerprint density at radius 3 is 2.70 bits per heavy atom. The summed E-state index contributed by atoms with van der Waals surface area (Å²) < 4.78 is 0. The van der Waals surface area contributed by atoms with Crippen LogP contribution in [0.25, 0.3) is 10.9 Å². The van der Waals surface area contributed by atoms with Gasteiger partial charge in [-0.05, 0) is 106 Å². The van der Waals surface area contributed by atoms with E-state index in [4.69, 9.17) is 5.73 Å². The summed E-state index contributed by atoms with van der Waals surface area (Å²) in [5, 5.41) is 1.36. The first-order valence-electron chi connectivity index (χ1n) is 9.15. The van der Waals surface area contributed by atoms with Gasteiger partial charge in [-0.2, -0.15) is 0 Å². The number of aromatic nitrogens is 1. The number of hydrogen-bond acceptors (Lipinski definition) is 3. The van der Waals surface area contributed by atoms with Crippen LogP contribution in [-0.2, 0) is 19.3 Å². The lowest BCUT2D eigenvalue weighted by Gasteiger charge is -2.16. The highest BCUT2D eigenvalue weighted by Crippen LogP contribution is 2.33. The van der Waals surface area contributed by atoms with E-state index in [2.05, 4.69) is 28.9 Å². The number of aryl methyl sites for hydroxylation is 3. The molecule has 0 unspecified atom stereocenters. The van der Waals surface area contributed by atoms with E-state index in [9.17, 15) is 0 Å². The predicted molar refractivity (Wildman–Crippen MR) is 96.9 cm³/mol. The highest BCUT2D eigenvalue weighted by molar-refractivity contribution is 5.87. The van der Waals surface area contributed by atoms with Gasteiger partial charge in [-0.1, -0.05) is 0 Å². The summed E-state index contributed by atoms with van der Waals surface area (Å²) in [5.41, 5.74) is 12.9. The second-order valence-electron chi connectivity index (χ2n) is 7.26. The molecule has 2 aliphatic rings. The molecule has 2 N–H and O–H groups in total. The summed E-state index contributed by atoms with van der Waals surface area (Å²) >= 11 is 0. The molecule has 4 rings (SSSR count). The third-order valence-corrected chi connectivity index (χ3v) is 5.67. The quantitative estimate of drug-likeness (QED) is 0.937. The Labute approximate surface area is 138 Å². The molecule has 1 aliphatic carbocycles. The third-order valence-electron chi connectivity index (χ3n) is 5.67. The monoisotopic (exact) mass is 309 g/mol. The molecule has 122 valence electrons. The molecule has 1 aromatic heterocycles. The number of benzene rings is 1. The van der Waals surface area contributed by atoms with Gasteiger partial charge in [0.15, 0.2) is 0 Å². The first-order valence-corrected chi connectivity index (χ1v) is 9.15. The van der Waals surface area contributed by atoms with Gasteiger partial charge in [0.1, 0.15) is 5.82 Å². The fraction of sp³-hybridized carbons (Fsp3) is 0.550. The molecule has 3 heteroatoms. The molecule has 0 amide bonds. The van der Waals surface area contributed by atoms with Crippen molar-refractivity contribution in [2.24, 2.45) is 0 Å². The lowest BCUT2D eigenvalue weighted by atomic mass is 9.97. The summed E-state index contributed by atoms with van der Waals surface area (Å²) in [4.78, 5) is 7.27. The van der Waals surface area contributed by atoms with Crippen LogP contribution in [0.1, 0.15) is 47.9 Å². The minimum Gasteiger partial charge on any atom is -0.383 e. The molecule has 0 spiro atoms. The van der Waals surface area contributed by atoms with Gasteiger partial charge in [0.25, 0.3) is 0 Å². The molecule has 1 aromatic carbocycles. The third kappa shape index (κ3) is 2.83. The Morgan fingerprint density at radius 2 is 1.87 bits per heavy atom. The molecule has 2 heterocycles. The number of nitrogens with zero attached hydrogens (tertiary/aromatic N) is 2.